The Bertz CT molecular complexity index is 334. The van der Waals surface area contributed by atoms with E-state index in [2.05, 4.69) is 24.3 Å². The Balaban J connectivity index is 2.02. The molecule has 1 aromatic heterocycles. The van der Waals surface area contributed by atoms with Gasteiger partial charge in [0.05, 0.1) is 11.9 Å². The second-order valence-corrected chi connectivity index (χ2v) is 4.65. The Hall–Kier alpha value is -0.700. The lowest BCUT2D eigenvalue weighted by Gasteiger charge is -2.41. The number of halogens is 1. The second kappa shape index (κ2) is 3.46. The number of hydrogen-bond donors (Lipinski definition) is 1. The molecule has 0 aromatic carbocycles. The summed E-state index contributed by atoms with van der Waals surface area (Å²) in [6, 6.07) is 0.562. The first kappa shape index (κ1) is 9.84. The van der Waals surface area contributed by atoms with Crippen LogP contribution in [0.15, 0.2) is 6.20 Å². The largest absolute Gasteiger partial charge is 0.378 e. The zero-order chi connectivity index (χ0) is 10.3. The van der Waals surface area contributed by atoms with Gasteiger partial charge in [-0.05, 0) is 18.3 Å². The van der Waals surface area contributed by atoms with E-state index >= 15 is 0 Å². The maximum atomic E-state index is 6.06. The number of aryl methyl sites for hydroxylation is 1. The molecule has 1 heterocycles. The van der Waals surface area contributed by atoms with E-state index in [-0.39, 0.29) is 0 Å². The van der Waals surface area contributed by atoms with Gasteiger partial charge in [0.15, 0.2) is 0 Å². The molecular weight excluding hydrogens is 198 g/mol. The fourth-order valence-electron chi connectivity index (χ4n) is 1.94. The number of hydrogen-bond acceptors (Lipinski definition) is 2. The number of nitrogens with one attached hydrogen (secondary N) is 1. The molecule has 3 nitrogen and oxygen atoms in total. The van der Waals surface area contributed by atoms with Crippen LogP contribution in [-0.4, -0.2) is 15.8 Å². The highest BCUT2D eigenvalue weighted by atomic mass is 35.5. The van der Waals surface area contributed by atoms with E-state index in [0.29, 0.717) is 11.2 Å². The van der Waals surface area contributed by atoms with Crippen molar-refractivity contribution in [2.75, 3.05) is 5.32 Å². The minimum atomic E-state index is 0.562. The smallest absolute Gasteiger partial charge is 0.149 e. The van der Waals surface area contributed by atoms with Gasteiger partial charge in [-0.25, -0.2) is 0 Å². The predicted molar refractivity (Wildman–Crippen MR) is 58.6 cm³/mol. The molecule has 0 saturated heterocycles. The van der Waals surface area contributed by atoms with Crippen LogP contribution in [0.2, 0.25) is 5.15 Å². The lowest BCUT2D eigenvalue weighted by Crippen LogP contribution is -2.43. The Kier molecular flexibility index (Phi) is 2.43. The molecule has 0 radical (unpaired) electrons. The minimum Gasteiger partial charge on any atom is -0.378 e. The number of rotatable bonds is 2. The average Bonchev–Trinajstić information content (AvgIpc) is 2.48. The molecule has 1 aliphatic rings. The molecule has 3 unspecified atom stereocenters. The molecule has 0 bridgehead atoms. The standard InChI is InChI=1S/C10H16ClN3/c1-6-4-8(7(6)2)13-9-5-12-14(3)10(9)11/h5-8,13H,4H2,1-3H3. The van der Waals surface area contributed by atoms with Gasteiger partial charge in [0.2, 0.25) is 0 Å². The maximum absolute atomic E-state index is 6.06. The van der Waals surface area contributed by atoms with Crippen molar-refractivity contribution in [3.63, 3.8) is 0 Å². The molecule has 14 heavy (non-hydrogen) atoms. The summed E-state index contributed by atoms with van der Waals surface area (Å²) in [6.07, 6.45) is 3.02. The predicted octanol–water partition coefficient (Wildman–Crippen LogP) is 2.53. The molecule has 4 heteroatoms. The summed E-state index contributed by atoms with van der Waals surface area (Å²) in [5, 5.41) is 8.22. The van der Waals surface area contributed by atoms with Crippen LogP contribution in [0.25, 0.3) is 0 Å². The second-order valence-electron chi connectivity index (χ2n) is 4.30. The van der Waals surface area contributed by atoms with Gasteiger partial charge in [-0.1, -0.05) is 25.4 Å². The van der Waals surface area contributed by atoms with Crippen LogP contribution in [0.4, 0.5) is 5.69 Å². The highest BCUT2D eigenvalue weighted by Crippen LogP contribution is 2.36. The third-order valence-electron chi connectivity index (χ3n) is 3.37. The first-order valence-electron chi connectivity index (χ1n) is 5.03. The van der Waals surface area contributed by atoms with E-state index < -0.39 is 0 Å². The van der Waals surface area contributed by atoms with Gasteiger partial charge in [-0.15, -0.1) is 0 Å². The summed E-state index contributed by atoms with van der Waals surface area (Å²) < 4.78 is 1.68. The lowest BCUT2D eigenvalue weighted by atomic mass is 9.71. The van der Waals surface area contributed by atoms with Gasteiger partial charge >= 0.3 is 0 Å². The zero-order valence-corrected chi connectivity index (χ0v) is 9.54. The molecule has 1 saturated carbocycles. The maximum Gasteiger partial charge on any atom is 0.149 e. The molecule has 78 valence electrons. The number of anilines is 1. The van der Waals surface area contributed by atoms with Crippen LogP contribution in [0.1, 0.15) is 20.3 Å². The van der Waals surface area contributed by atoms with E-state index in [1.165, 1.54) is 6.42 Å². The molecule has 1 aromatic rings. The summed E-state index contributed by atoms with van der Waals surface area (Å²) >= 11 is 6.06. The minimum absolute atomic E-state index is 0.562. The van der Waals surface area contributed by atoms with Crippen molar-refractivity contribution < 1.29 is 0 Å². The van der Waals surface area contributed by atoms with Crippen molar-refractivity contribution >= 4 is 17.3 Å². The van der Waals surface area contributed by atoms with Crippen molar-refractivity contribution in [1.29, 1.82) is 0 Å². The van der Waals surface area contributed by atoms with Crippen LogP contribution in [-0.2, 0) is 7.05 Å². The van der Waals surface area contributed by atoms with Gasteiger partial charge in [0.1, 0.15) is 5.15 Å². The quantitative estimate of drug-likeness (QED) is 0.818. The number of aromatic nitrogens is 2. The van der Waals surface area contributed by atoms with E-state index in [1.807, 2.05) is 7.05 Å². The van der Waals surface area contributed by atoms with E-state index in [0.717, 1.165) is 17.5 Å². The molecule has 3 atom stereocenters. The van der Waals surface area contributed by atoms with Gasteiger partial charge in [0, 0.05) is 13.1 Å². The van der Waals surface area contributed by atoms with E-state index in [4.69, 9.17) is 11.6 Å². The summed E-state index contributed by atoms with van der Waals surface area (Å²) in [6.45, 7) is 4.56. The Labute approximate surface area is 89.4 Å². The molecule has 2 rings (SSSR count). The van der Waals surface area contributed by atoms with Crippen molar-refractivity contribution in [3.8, 4) is 0 Å². The van der Waals surface area contributed by atoms with Crippen molar-refractivity contribution in [2.45, 2.75) is 26.3 Å². The van der Waals surface area contributed by atoms with Crippen molar-refractivity contribution in [2.24, 2.45) is 18.9 Å². The molecule has 1 aliphatic carbocycles. The third-order valence-corrected chi connectivity index (χ3v) is 3.81. The Morgan fingerprint density at radius 1 is 1.57 bits per heavy atom. The summed E-state index contributed by atoms with van der Waals surface area (Å²) in [5.41, 5.74) is 0.956. The lowest BCUT2D eigenvalue weighted by molar-refractivity contribution is 0.189. The molecule has 0 amide bonds. The highest BCUT2D eigenvalue weighted by Gasteiger charge is 2.34. The summed E-state index contributed by atoms with van der Waals surface area (Å²) in [5.74, 6) is 1.55. The van der Waals surface area contributed by atoms with Gasteiger partial charge < -0.3 is 5.32 Å². The van der Waals surface area contributed by atoms with Gasteiger partial charge in [-0.3, -0.25) is 4.68 Å². The molecule has 1 N–H and O–H groups in total. The monoisotopic (exact) mass is 213 g/mol. The summed E-state index contributed by atoms with van der Waals surface area (Å²) in [4.78, 5) is 0. The van der Waals surface area contributed by atoms with Crippen LogP contribution in [0.3, 0.4) is 0 Å². The average molecular weight is 214 g/mol. The normalized spacial score (nSPS) is 31.3. The van der Waals surface area contributed by atoms with Crippen LogP contribution in [0.5, 0.6) is 0 Å². The van der Waals surface area contributed by atoms with Gasteiger partial charge in [0.25, 0.3) is 0 Å². The zero-order valence-electron chi connectivity index (χ0n) is 8.79. The topological polar surface area (TPSA) is 29.9 Å². The SMILES string of the molecule is CC1CC(Nc2cnn(C)c2Cl)C1C. The first-order valence-corrected chi connectivity index (χ1v) is 5.41. The van der Waals surface area contributed by atoms with Crippen LogP contribution >= 0.6 is 11.6 Å². The molecular formula is C10H16ClN3. The van der Waals surface area contributed by atoms with Crippen LogP contribution in [0, 0.1) is 11.8 Å². The van der Waals surface area contributed by atoms with Crippen molar-refractivity contribution in [3.05, 3.63) is 11.3 Å². The summed E-state index contributed by atoms with van der Waals surface area (Å²) in [7, 11) is 1.85. The third kappa shape index (κ3) is 1.50. The molecule has 0 spiro atoms. The Morgan fingerprint density at radius 2 is 2.29 bits per heavy atom. The first-order chi connectivity index (χ1) is 6.59. The number of nitrogens with zero attached hydrogens (tertiary/aromatic N) is 2. The highest BCUT2D eigenvalue weighted by molar-refractivity contribution is 6.32. The van der Waals surface area contributed by atoms with Crippen molar-refractivity contribution in [1.82, 2.24) is 9.78 Å². The fraction of sp³-hybridized carbons (Fsp3) is 0.700. The van der Waals surface area contributed by atoms with Gasteiger partial charge in [-0.2, -0.15) is 5.10 Å². The van der Waals surface area contributed by atoms with E-state index in [1.54, 1.807) is 10.9 Å². The molecule has 0 aliphatic heterocycles. The van der Waals surface area contributed by atoms with E-state index in [9.17, 15) is 0 Å². The fourth-order valence-corrected chi connectivity index (χ4v) is 2.09. The van der Waals surface area contributed by atoms with Crippen LogP contribution < -0.4 is 5.32 Å². The molecule has 1 fully saturated rings. The Morgan fingerprint density at radius 3 is 2.71 bits per heavy atom.